The smallest absolute Gasteiger partial charge is 0.140 e. The lowest BCUT2D eigenvalue weighted by Gasteiger charge is -2.64. The molecule has 0 aromatic carbocycles. The van der Waals surface area contributed by atoms with Gasteiger partial charge in [-0.2, -0.15) is 0 Å². The second kappa shape index (κ2) is 4.30. The van der Waals surface area contributed by atoms with E-state index in [9.17, 15) is 0 Å². The van der Waals surface area contributed by atoms with E-state index in [1.54, 1.807) is 0 Å². The normalized spacial score (nSPS) is 23.2. The lowest BCUT2D eigenvalue weighted by atomic mass is 9.58. The number of rotatable bonds is 4. The summed E-state index contributed by atoms with van der Waals surface area (Å²) in [5.74, 6) is 1.86. The SMILES string of the molecule is CC(C)C1(C(C)C)OOC1(C(C)C)C(C)C. The van der Waals surface area contributed by atoms with Gasteiger partial charge >= 0.3 is 0 Å². The first kappa shape index (κ1) is 14.0. The summed E-state index contributed by atoms with van der Waals surface area (Å²) in [6, 6.07) is 0. The van der Waals surface area contributed by atoms with Crippen molar-refractivity contribution in [3.05, 3.63) is 0 Å². The predicted molar refractivity (Wildman–Crippen MR) is 67.0 cm³/mol. The largest absolute Gasteiger partial charge is 0.226 e. The molecule has 1 aliphatic heterocycles. The van der Waals surface area contributed by atoms with Crippen molar-refractivity contribution in [2.24, 2.45) is 23.7 Å². The third-order valence-corrected chi connectivity index (χ3v) is 4.36. The number of hydrogen-bond donors (Lipinski definition) is 0. The third-order valence-electron chi connectivity index (χ3n) is 4.36. The molecule has 2 nitrogen and oxygen atoms in total. The maximum atomic E-state index is 5.68. The van der Waals surface area contributed by atoms with Crippen LogP contribution in [0.3, 0.4) is 0 Å². The zero-order valence-electron chi connectivity index (χ0n) is 12.1. The molecule has 0 aromatic heterocycles. The summed E-state index contributed by atoms with van der Waals surface area (Å²) in [6.07, 6.45) is 0. The lowest BCUT2D eigenvalue weighted by Crippen LogP contribution is -2.76. The Labute approximate surface area is 101 Å². The average molecular weight is 228 g/mol. The summed E-state index contributed by atoms with van der Waals surface area (Å²) in [5, 5.41) is 0. The van der Waals surface area contributed by atoms with Gasteiger partial charge in [0.15, 0.2) is 0 Å². The monoisotopic (exact) mass is 228 g/mol. The minimum absolute atomic E-state index is 0.144. The van der Waals surface area contributed by atoms with Crippen LogP contribution in [0.25, 0.3) is 0 Å². The third kappa shape index (κ3) is 1.46. The fourth-order valence-corrected chi connectivity index (χ4v) is 3.76. The van der Waals surface area contributed by atoms with Crippen molar-refractivity contribution in [2.75, 3.05) is 0 Å². The van der Waals surface area contributed by atoms with E-state index in [4.69, 9.17) is 9.78 Å². The topological polar surface area (TPSA) is 18.5 Å². The summed E-state index contributed by atoms with van der Waals surface area (Å²) in [4.78, 5) is 11.4. The van der Waals surface area contributed by atoms with Gasteiger partial charge in [-0.1, -0.05) is 55.4 Å². The summed E-state index contributed by atoms with van der Waals surface area (Å²) >= 11 is 0. The van der Waals surface area contributed by atoms with Crippen LogP contribution in [-0.2, 0) is 9.78 Å². The quantitative estimate of drug-likeness (QED) is 0.676. The molecule has 0 bridgehead atoms. The van der Waals surface area contributed by atoms with Gasteiger partial charge in [0, 0.05) is 0 Å². The van der Waals surface area contributed by atoms with Crippen molar-refractivity contribution >= 4 is 0 Å². The zero-order valence-corrected chi connectivity index (χ0v) is 12.1. The molecule has 0 unspecified atom stereocenters. The molecular formula is C14H28O2. The van der Waals surface area contributed by atoms with Crippen molar-refractivity contribution in [1.82, 2.24) is 0 Å². The first-order chi connectivity index (χ1) is 7.23. The van der Waals surface area contributed by atoms with Crippen molar-refractivity contribution in [1.29, 1.82) is 0 Å². The van der Waals surface area contributed by atoms with E-state index in [1.807, 2.05) is 0 Å². The fraction of sp³-hybridized carbons (Fsp3) is 1.00. The van der Waals surface area contributed by atoms with Crippen LogP contribution in [-0.4, -0.2) is 11.2 Å². The Kier molecular flexibility index (Phi) is 3.76. The average Bonchev–Trinajstić information content (AvgIpc) is 1.98. The molecule has 16 heavy (non-hydrogen) atoms. The standard InChI is InChI=1S/C14H28O2/c1-9(2)13(10(3)4)14(11(5)6,12(7)8)16-15-13/h9-12H,1-8H3. The van der Waals surface area contributed by atoms with Gasteiger partial charge in [-0.3, -0.25) is 0 Å². The van der Waals surface area contributed by atoms with Crippen LogP contribution in [0.15, 0.2) is 0 Å². The second-order valence-corrected chi connectivity index (χ2v) is 6.37. The van der Waals surface area contributed by atoms with Gasteiger partial charge < -0.3 is 0 Å². The molecule has 1 aliphatic rings. The van der Waals surface area contributed by atoms with Gasteiger partial charge in [-0.05, 0) is 23.7 Å². The minimum atomic E-state index is -0.144. The van der Waals surface area contributed by atoms with Gasteiger partial charge in [0.2, 0.25) is 0 Å². The molecule has 0 amide bonds. The summed E-state index contributed by atoms with van der Waals surface area (Å²) < 4.78 is 0. The van der Waals surface area contributed by atoms with Gasteiger partial charge in [0.05, 0.1) is 0 Å². The fourth-order valence-electron chi connectivity index (χ4n) is 3.76. The van der Waals surface area contributed by atoms with Crippen LogP contribution in [0, 0.1) is 23.7 Å². The molecule has 0 spiro atoms. The molecule has 2 heteroatoms. The van der Waals surface area contributed by atoms with E-state index in [0.29, 0.717) is 23.7 Å². The van der Waals surface area contributed by atoms with Gasteiger partial charge in [0.25, 0.3) is 0 Å². The van der Waals surface area contributed by atoms with E-state index in [2.05, 4.69) is 55.4 Å². The highest BCUT2D eigenvalue weighted by Gasteiger charge is 2.69. The maximum Gasteiger partial charge on any atom is 0.140 e. The lowest BCUT2D eigenvalue weighted by molar-refractivity contribution is -0.589. The molecule has 1 fully saturated rings. The summed E-state index contributed by atoms with van der Waals surface area (Å²) in [6.45, 7) is 17.9. The van der Waals surface area contributed by atoms with Crippen molar-refractivity contribution in [3.8, 4) is 0 Å². The van der Waals surface area contributed by atoms with E-state index in [0.717, 1.165) is 0 Å². The molecule has 1 heterocycles. The minimum Gasteiger partial charge on any atom is -0.226 e. The molecule has 0 N–H and O–H groups in total. The Morgan fingerprint density at radius 3 is 0.750 bits per heavy atom. The Bertz CT molecular complexity index is 199. The molecule has 1 saturated heterocycles. The first-order valence-electron chi connectivity index (χ1n) is 6.60. The molecule has 0 atom stereocenters. The van der Waals surface area contributed by atoms with Crippen LogP contribution in [0.1, 0.15) is 55.4 Å². The summed E-state index contributed by atoms with van der Waals surface area (Å²) in [5.41, 5.74) is -0.287. The molecule has 0 aromatic rings. The van der Waals surface area contributed by atoms with Gasteiger partial charge in [-0.15, -0.1) is 0 Å². The Morgan fingerprint density at radius 2 is 0.688 bits per heavy atom. The first-order valence-corrected chi connectivity index (χ1v) is 6.60. The zero-order chi connectivity index (χ0) is 12.7. The molecule has 1 rings (SSSR count). The maximum absolute atomic E-state index is 5.68. The Morgan fingerprint density at radius 1 is 0.500 bits per heavy atom. The van der Waals surface area contributed by atoms with Crippen molar-refractivity contribution in [3.63, 3.8) is 0 Å². The van der Waals surface area contributed by atoms with Crippen LogP contribution < -0.4 is 0 Å². The number of hydrogen-bond acceptors (Lipinski definition) is 2. The molecular weight excluding hydrogens is 200 g/mol. The Balaban J connectivity index is 3.21. The van der Waals surface area contributed by atoms with E-state index in [-0.39, 0.29) is 11.2 Å². The van der Waals surface area contributed by atoms with Crippen LogP contribution in [0.4, 0.5) is 0 Å². The van der Waals surface area contributed by atoms with Gasteiger partial charge in [0.1, 0.15) is 11.2 Å². The second-order valence-electron chi connectivity index (χ2n) is 6.37. The van der Waals surface area contributed by atoms with Crippen LogP contribution in [0.2, 0.25) is 0 Å². The van der Waals surface area contributed by atoms with Gasteiger partial charge in [-0.25, -0.2) is 9.78 Å². The van der Waals surface area contributed by atoms with E-state index < -0.39 is 0 Å². The molecule has 0 saturated carbocycles. The van der Waals surface area contributed by atoms with E-state index >= 15 is 0 Å². The highest BCUT2D eigenvalue weighted by molar-refractivity contribution is 5.12. The van der Waals surface area contributed by atoms with Crippen molar-refractivity contribution < 1.29 is 9.78 Å². The van der Waals surface area contributed by atoms with E-state index in [1.165, 1.54) is 0 Å². The van der Waals surface area contributed by atoms with Crippen molar-refractivity contribution in [2.45, 2.75) is 66.6 Å². The molecule has 96 valence electrons. The van der Waals surface area contributed by atoms with Crippen LogP contribution in [0.5, 0.6) is 0 Å². The van der Waals surface area contributed by atoms with Crippen LogP contribution >= 0.6 is 0 Å². The highest BCUT2D eigenvalue weighted by atomic mass is 17.3. The molecule has 0 radical (unpaired) electrons. The molecule has 0 aliphatic carbocycles. The highest BCUT2D eigenvalue weighted by Crippen LogP contribution is 2.57. The Hall–Kier alpha value is -0.0800. The predicted octanol–water partition coefficient (Wildman–Crippen LogP) is 4.05. The summed E-state index contributed by atoms with van der Waals surface area (Å²) in [7, 11) is 0.